The Morgan fingerprint density at radius 2 is 1.94 bits per heavy atom. The summed E-state index contributed by atoms with van der Waals surface area (Å²) in [5.41, 5.74) is -1.45. The smallest absolute Gasteiger partial charge is 0.333 e. The van der Waals surface area contributed by atoms with Crippen molar-refractivity contribution >= 4 is 23.3 Å². The molecule has 1 aromatic rings. The number of carbonyl (C=O) groups excluding carboxylic acids is 1. The standard InChI is InChI=1S/C39H53NO11/c1-21(22-9-4-3-5-10-22)29-18-27-28-14-15-38(47)36(46)39(28,51-30(13-8-16-41)33(27)40-29)31(20-42)49-37(38)50-34-23-11-6-7-12-24(34)25(19-32(43)44)26(17-23)35(45)48-2/h7,12,17-18,21-25,31,34,36-37,40-42,46-47H,3-6,8-11,13-16,19-20H2,1-2H3,(H,43,44)/t21-,23+,24-,25+,31-,34-,36-,37+,38-,39-/m1/s1. The fourth-order valence-corrected chi connectivity index (χ4v) is 10.1. The lowest BCUT2D eigenvalue weighted by atomic mass is 9.63. The maximum atomic E-state index is 12.8. The third kappa shape index (κ3) is 6.09. The number of carbonyl (C=O) groups is 2. The highest BCUT2D eigenvalue weighted by atomic mass is 16.7. The van der Waals surface area contributed by atoms with E-state index in [0.717, 1.165) is 21.8 Å². The molecule has 1 aromatic heterocycles. The van der Waals surface area contributed by atoms with Crippen molar-refractivity contribution in [1.29, 1.82) is 0 Å². The van der Waals surface area contributed by atoms with Crippen LogP contribution in [0.2, 0.25) is 0 Å². The lowest BCUT2D eigenvalue weighted by Gasteiger charge is -2.60. The number of H-pyrrole nitrogens is 1. The van der Waals surface area contributed by atoms with Crippen LogP contribution in [0.25, 0.3) is 11.3 Å². The Morgan fingerprint density at radius 3 is 2.65 bits per heavy atom. The average Bonchev–Trinajstić information content (AvgIpc) is 3.52. The number of allylic oxidation sites excluding steroid dienone is 1. The Balaban J connectivity index is 1.26. The Hall–Kier alpha value is -3.00. The Labute approximate surface area is 297 Å². The van der Waals surface area contributed by atoms with E-state index in [1.54, 1.807) is 6.08 Å². The van der Waals surface area contributed by atoms with E-state index in [4.69, 9.17) is 18.9 Å². The lowest BCUT2D eigenvalue weighted by molar-refractivity contribution is -0.375. The summed E-state index contributed by atoms with van der Waals surface area (Å²) in [6.07, 6.45) is 9.00. The molecule has 4 aliphatic carbocycles. The molecule has 10 atom stereocenters. The van der Waals surface area contributed by atoms with Crippen molar-refractivity contribution in [2.75, 3.05) is 20.3 Å². The van der Waals surface area contributed by atoms with Crippen molar-refractivity contribution < 1.29 is 54.1 Å². The van der Waals surface area contributed by atoms with Gasteiger partial charge in [0.1, 0.15) is 23.6 Å². The lowest BCUT2D eigenvalue weighted by Crippen LogP contribution is -2.78. The summed E-state index contributed by atoms with van der Waals surface area (Å²) in [4.78, 5) is 28.5. The minimum absolute atomic E-state index is 0.0622. The maximum Gasteiger partial charge on any atom is 0.333 e. The monoisotopic (exact) mass is 711 g/mol. The molecular weight excluding hydrogens is 658 g/mol. The molecule has 3 fully saturated rings. The number of fused-ring (bicyclic) bond motifs is 4. The topological polar surface area (TPSA) is 188 Å². The van der Waals surface area contributed by atoms with E-state index in [1.165, 1.54) is 39.2 Å². The Kier molecular flexibility index (Phi) is 10.3. The van der Waals surface area contributed by atoms with Gasteiger partial charge in [0, 0.05) is 47.3 Å². The number of aliphatic carboxylic acids is 1. The van der Waals surface area contributed by atoms with Gasteiger partial charge in [-0.1, -0.05) is 44.4 Å². The molecule has 0 radical (unpaired) electrons. The van der Waals surface area contributed by atoms with Crippen molar-refractivity contribution in [3.8, 4) is 0 Å². The molecule has 6 N–H and O–H groups in total. The number of aliphatic hydroxyl groups is 4. The Bertz CT molecular complexity index is 1680. The normalized spacial score (nSPS) is 36.7. The molecule has 12 nitrogen and oxygen atoms in total. The number of ether oxygens (including phenoxy) is 4. The van der Waals surface area contributed by atoms with E-state index < -0.39 is 66.2 Å². The number of rotatable bonds is 11. The molecule has 7 rings (SSSR count). The largest absolute Gasteiger partial charge is 0.481 e. The Morgan fingerprint density at radius 1 is 1.16 bits per heavy atom. The molecule has 2 aliphatic heterocycles. The number of carboxylic acids is 1. The van der Waals surface area contributed by atoms with Gasteiger partial charge in [0.2, 0.25) is 0 Å². The minimum atomic E-state index is -1.95. The third-order valence-corrected chi connectivity index (χ3v) is 12.8. The van der Waals surface area contributed by atoms with Crippen molar-refractivity contribution in [1.82, 2.24) is 4.98 Å². The molecule has 0 amide bonds. The zero-order valence-corrected chi connectivity index (χ0v) is 29.6. The molecule has 1 spiro atoms. The number of esters is 1. The molecular formula is C39H53NO11. The van der Waals surface area contributed by atoms with Crippen LogP contribution >= 0.6 is 0 Å². The first-order valence-electron chi connectivity index (χ1n) is 18.8. The van der Waals surface area contributed by atoms with Crippen LogP contribution < -0.4 is 10.6 Å². The number of hydrogen-bond donors (Lipinski definition) is 6. The van der Waals surface area contributed by atoms with Gasteiger partial charge >= 0.3 is 11.9 Å². The summed E-state index contributed by atoms with van der Waals surface area (Å²) in [7, 11) is 1.27. The van der Waals surface area contributed by atoms with Gasteiger partial charge in [0.15, 0.2) is 11.9 Å². The highest BCUT2D eigenvalue weighted by Crippen LogP contribution is 2.54. The minimum Gasteiger partial charge on any atom is -0.481 e. The van der Waals surface area contributed by atoms with Gasteiger partial charge in [-0.3, -0.25) is 4.79 Å². The van der Waals surface area contributed by atoms with E-state index in [1.807, 2.05) is 12.2 Å². The van der Waals surface area contributed by atoms with E-state index in [9.17, 15) is 35.1 Å². The molecule has 12 heteroatoms. The first kappa shape index (κ1) is 36.4. The van der Waals surface area contributed by atoms with Gasteiger partial charge in [0.05, 0.1) is 31.6 Å². The molecule has 4 bridgehead atoms. The predicted molar refractivity (Wildman–Crippen MR) is 184 cm³/mol. The number of aromatic nitrogens is 1. The van der Waals surface area contributed by atoms with Gasteiger partial charge in [-0.15, -0.1) is 0 Å². The zero-order chi connectivity index (χ0) is 36.1. The third-order valence-electron chi connectivity index (χ3n) is 12.8. The molecule has 0 unspecified atom stereocenters. The summed E-state index contributed by atoms with van der Waals surface area (Å²) >= 11 is 0. The van der Waals surface area contributed by atoms with Crippen LogP contribution in [0.1, 0.15) is 95.6 Å². The van der Waals surface area contributed by atoms with E-state index in [-0.39, 0.29) is 36.9 Å². The van der Waals surface area contributed by atoms with Crippen LogP contribution in [0.4, 0.5) is 0 Å². The van der Waals surface area contributed by atoms with Crippen molar-refractivity contribution in [2.45, 2.75) is 126 Å². The second-order valence-corrected chi connectivity index (χ2v) is 15.5. The zero-order valence-electron chi connectivity index (χ0n) is 29.6. The second kappa shape index (κ2) is 14.4. The predicted octanol–water partition coefficient (Wildman–Crippen LogP) is 2.27. The average molecular weight is 712 g/mol. The second-order valence-electron chi connectivity index (χ2n) is 15.5. The highest BCUT2D eigenvalue weighted by Gasteiger charge is 2.70. The molecule has 6 aliphatic rings. The number of carboxylic acid groups (broad SMARTS) is 1. The summed E-state index contributed by atoms with van der Waals surface area (Å²) in [5, 5.41) is 57.1. The van der Waals surface area contributed by atoms with Crippen LogP contribution in [0, 0.1) is 23.7 Å². The number of aliphatic hydroxyl groups excluding tert-OH is 3. The van der Waals surface area contributed by atoms with Crippen LogP contribution in [-0.2, 0) is 28.5 Å². The highest BCUT2D eigenvalue weighted by molar-refractivity contribution is 5.90. The molecule has 2 saturated carbocycles. The molecule has 280 valence electrons. The number of nitrogens with one attached hydrogen (secondary N) is 1. The summed E-state index contributed by atoms with van der Waals surface area (Å²) < 4.78 is 25.0. The van der Waals surface area contributed by atoms with Crippen LogP contribution in [0.3, 0.4) is 0 Å². The molecule has 51 heavy (non-hydrogen) atoms. The van der Waals surface area contributed by atoms with Gasteiger partial charge in [-0.05, 0) is 68.4 Å². The first-order chi connectivity index (χ1) is 24.6. The van der Waals surface area contributed by atoms with Gasteiger partial charge in [0.25, 0.3) is 0 Å². The van der Waals surface area contributed by atoms with Crippen LogP contribution in [0.15, 0.2) is 29.9 Å². The fourth-order valence-electron chi connectivity index (χ4n) is 10.1. The fraction of sp³-hybridized carbons (Fsp3) is 0.692. The van der Waals surface area contributed by atoms with E-state index >= 15 is 0 Å². The van der Waals surface area contributed by atoms with E-state index in [0.29, 0.717) is 43.8 Å². The first-order valence-corrected chi connectivity index (χ1v) is 18.8. The quantitative estimate of drug-likeness (QED) is 0.146. The molecule has 1 saturated heterocycles. The van der Waals surface area contributed by atoms with Crippen LogP contribution in [-0.4, -0.2) is 98.6 Å². The summed E-state index contributed by atoms with van der Waals surface area (Å²) in [5.74, 6) is -1.94. The molecule has 0 aromatic carbocycles. The molecule has 3 heterocycles. The van der Waals surface area contributed by atoms with Crippen molar-refractivity contribution in [3.05, 3.63) is 46.1 Å². The van der Waals surface area contributed by atoms with Gasteiger partial charge in [-0.25, -0.2) is 4.79 Å². The summed E-state index contributed by atoms with van der Waals surface area (Å²) in [6, 6.07) is 2.15. The van der Waals surface area contributed by atoms with Crippen molar-refractivity contribution in [2.24, 2.45) is 23.7 Å². The van der Waals surface area contributed by atoms with Crippen molar-refractivity contribution in [3.63, 3.8) is 0 Å². The SMILES string of the molecule is COC(=O)C1=C[C@@H]2CCC=C[C@@H]([C@@H]2O[C@@H]2O[C@H](CO)[C@]34OC(CCCO)=c5[nH]c([C@H](C)C6CCCCC6)cc5=C3CC[C@@]2(O)[C@H]4O)[C@@H]1CC(=O)O. The number of methoxy groups -OCH3 is 1. The van der Waals surface area contributed by atoms with Gasteiger partial charge in [-0.2, -0.15) is 0 Å². The number of aromatic amines is 1. The van der Waals surface area contributed by atoms with E-state index in [2.05, 4.69) is 18.0 Å². The summed E-state index contributed by atoms with van der Waals surface area (Å²) in [6.45, 7) is 1.65. The van der Waals surface area contributed by atoms with Crippen LogP contribution in [0.5, 0.6) is 0 Å². The maximum absolute atomic E-state index is 12.8. The van der Waals surface area contributed by atoms with Gasteiger partial charge < -0.3 is 49.5 Å². The number of hydrogen-bond acceptors (Lipinski definition) is 10.